The number of carbonyl (C=O) groups excluding carboxylic acids is 1. The van der Waals surface area contributed by atoms with Crippen molar-refractivity contribution in [3.63, 3.8) is 0 Å². The van der Waals surface area contributed by atoms with Crippen molar-refractivity contribution in [3.05, 3.63) is 12.2 Å². The summed E-state index contributed by atoms with van der Waals surface area (Å²) >= 11 is 0. The van der Waals surface area contributed by atoms with Crippen LogP contribution in [0.1, 0.15) is 39.0 Å². The fourth-order valence-corrected chi connectivity index (χ4v) is 2.71. The SMILES string of the molecule is CCCCC1C(=O)C2CCC=CC21. The number of rotatable bonds is 3. The molecule has 2 aliphatic carbocycles. The molecule has 0 aliphatic heterocycles. The minimum absolute atomic E-state index is 0.390. The van der Waals surface area contributed by atoms with E-state index < -0.39 is 0 Å². The smallest absolute Gasteiger partial charge is 0.140 e. The Balaban J connectivity index is 1.94. The van der Waals surface area contributed by atoms with E-state index in [9.17, 15) is 4.79 Å². The molecule has 1 nitrogen and oxygen atoms in total. The summed E-state index contributed by atoms with van der Waals surface area (Å²) in [5, 5.41) is 0. The van der Waals surface area contributed by atoms with Gasteiger partial charge in [0.1, 0.15) is 5.78 Å². The molecule has 3 unspecified atom stereocenters. The summed E-state index contributed by atoms with van der Waals surface area (Å²) in [7, 11) is 0. The van der Waals surface area contributed by atoms with E-state index in [4.69, 9.17) is 0 Å². The van der Waals surface area contributed by atoms with Crippen molar-refractivity contribution in [1.82, 2.24) is 0 Å². The summed E-state index contributed by atoms with van der Waals surface area (Å²) in [4.78, 5) is 11.7. The summed E-state index contributed by atoms with van der Waals surface area (Å²) in [5.74, 6) is 1.98. The van der Waals surface area contributed by atoms with Crippen LogP contribution in [-0.4, -0.2) is 5.78 Å². The van der Waals surface area contributed by atoms with Gasteiger partial charge in [-0.1, -0.05) is 31.9 Å². The van der Waals surface area contributed by atoms with Crippen LogP contribution in [0.25, 0.3) is 0 Å². The molecule has 72 valence electrons. The number of unbranched alkanes of at least 4 members (excludes halogenated alkanes) is 1. The van der Waals surface area contributed by atoms with Crippen LogP contribution < -0.4 is 0 Å². The number of hydrogen-bond donors (Lipinski definition) is 0. The summed E-state index contributed by atoms with van der Waals surface area (Å²) in [5.41, 5.74) is 0. The maximum atomic E-state index is 11.7. The highest BCUT2D eigenvalue weighted by atomic mass is 16.1. The Labute approximate surface area is 80.2 Å². The third-order valence-corrected chi connectivity index (χ3v) is 3.53. The lowest BCUT2D eigenvalue weighted by atomic mass is 9.59. The highest BCUT2D eigenvalue weighted by Crippen LogP contribution is 2.45. The van der Waals surface area contributed by atoms with E-state index in [0.29, 0.717) is 23.5 Å². The Bertz CT molecular complexity index is 229. The van der Waals surface area contributed by atoms with Gasteiger partial charge >= 0.3 is 0 Å². The lowest BCUT2D eigenvalue weighted by molar-refractivity contribution is -0.141. The number of ketones is 1. The normalized spacial score (nSPS) is 37.0. The molecule has 13 heavy (non-hydrogen) atoms. The molecule has 2 aliphatic rings. The molecule has 3 atom stereocenters. The Morgan fingerprint density at radius 2 is 2.38 bits per heavy atom. The van der Waals surface area contributed by atoms with Gasteiger partial charge in [0.15, 0.2) is 0 Å². The van der Waals surface area contributed by atoms with Gasteiger partial charge in [-0.25, -0.2) is 0 Å². The number of fused-ring (bicyclic) bond motifs is 1. The first-order valence-corrected chi connectivity index (χ1v) is 5.55. The monoisotopic (exact) mass is 178 g/mol. The standard InChI is InChI=1S/C12H18O/c1-2-3-6-10-9-7-4-5-8-11(9)12(10)13/h4,7,9-11H,2-3,5-6,8H2,1H3. The van der Waals surface area contributed by atoms with Gasteiger partial charge in [-0.15, -0.1) is 0 Å². The van der Waals surface area contributed by atoms with Crippen molar-refractivity contribution in [2.75, 3.05) is 0 Å². The van der Waals surface area contributed by atoms with E-state index in [1.807, 2.05) is 0 Å². The first-order chi connectivity index (χ1) is 6.34. The molecule has 0 aromatic carbocycles. The van der Waals surface area contributed by atoms with E-state index in [1.54, 1.807) is 0 Å². The first-order valence-electron chi connectivity index (χ1n) is 5.55. The van der Waals surface area contributed by atoms with Crippen LogP contribution in [0.5, 0.6) is 0 Å². The Morgan fingerprint density at radius 3 is 3.15 bits per heavy atom. The minimum Gasteiger partial charge on any atom is -0.299 e. The van der Waals surface area contributed by atoms with Crippen molar-refractivity contribution in [2.45, 2.75) is 39.0 Å². The van der Waals surface area contributed by atoms with Crippen LogP contribution in [-0.2, 0) is 4.79 Å². The molecule has 1 fully saturated rings. The van der Waals surface area contributed by atoms with Crippen LogP contribution in [0.3, 0.4) is 0 Å². The second-order valence-electron chi connectivity index (χ2n) is 4.34. The van der Waals surface area contributed by atoms with Crippen molar-refractivity contribution in [3.8, 4) is 0 Å². The topological polar surface area (TPSA) is 17.1 Å². The van der Waals surface area contributed by atoms with E-state index in [-0.39, 0.29) is 0 Å². The number of hydrogen-bond acceptors (Lipinski definition) is 1. The third-order valence-electron chi connectivity index (χ3n) is 3.53. The molecular weight excluding hydrogens is 160 g/mol. The molecule has 0 bridgehead atoms. The van der Waals surface area contributed by atoms with Gasteiger partial charge in [0.25, 0.3) is 0 Å². The van der Waals surface area contributed by atoms with E-state index in [1.165, 1.54) is 12.8 Å². The van der Waals surface area contributed by atoms with Gasteiger partial charge in [-0.2, -0.15) is 0 Å². The quantitative estimate of drug-likeness (QED) is 0.607. The van der Waals surface area contributed by atoms with Crippen LogP contribution in [0, 0.1) is 17.8 Å². The molecule has 0 saturated heterocycles. The number of carbonyl (C=O) groups is 1. The lowest BCUT2D eigenvalue weighted by Gasteiger charge is -2.43. The molecule has 0 spiro atoms. The van der Waals surface area contributed by atoms with Crippen LogP contribution in [0.4, 0.5) is 0 Å². The van der Waals surface area contributed by atoms with Crippen molar-refractivity contribution >= 4 is 5.78 Å². The summed E-state index contributed by atoms with van der Waals surface area (Å²) in [6.45, 7) is 2.19. The van der Waals surface area contributed by atoms with E-state index >= 15 is 0 Å². The average Bonchev–Trinajstić information content (AvgIpc) is 2.18. The zero-order chi connectivity index (χ0) is 9.26. The highest BCUT2D eigenvalue weighted by Gasteiger charge is 2.47. The van der Waals surface area contributed by atoms with Crippen LogP contribution >= 0.6 is 0 Å². The molecule has 0 N–H and O–H groups in total. The lowest BCUT2D eigenvalue weighted by Crippen LogP contribution is -2.47. The Morgan fingerprint density at radius 1 is 1.54 bits per heavy atom. The second-order valence-corrected chi connectivity index (χ2v) is 4.34. The molecule has 1 heteroatoms. The average molecular weight is 178 g/mol. The van der Waals surface area contributed by atoms with Gasteiger partial charge in [0.2, 0.25) is 0 Å². The minimum atomic E-state index is 0.390. The summed E-state index contributed by atoms with van der Waals surface area (Å²) < 4.78 is 0. The Hall–Kier alpha value is -0.590. The van der Waals surface area contributed by atoms with Crippen molar-refractivity contribution in [2.24, 2.45) is 17.8 Å². The summed E-state index contributed by atoms with van der Waals surface area (Å²) in [6.07, 6.45) is 10.3. The van der Waals surface area contributed by atoms with Gasteiger partial charge in [0, 0.05) is 11.8 Å². The maximum Gasteiger partial charge on any atom is 0.140 e. The second kappa shape index (κ2) is 3.65. The van der Waals surface area contributed by atoms with Crippen LogP contribution in [0.15, 0.2) is 12.2 Å². The molecule has 0 aromatic rings. The number of Topliss-reactive ketones (excluding diaryl/α,β-unsaturated/α-hetero) is 1. The van der Waals surface area contributed by atoms with Gasteiger partial charge in [-0.3, -0.25) is 4.79 Å². The predicted molar refractivity (Wildman–Crippen MR) is 53.4 cm³/mol. The van der Waals surface area contributed by atoms with Crippen LogP contribution in [0.2, 0.25) is 0 Å². The molecule has 2 rings (SSSR count). The zero-order valence-electron chi connectivity index (χ0n) is 8.33. The molecule has 0 radical (unpaired) electrons. The fourth-order valence-electron chi connectivity index (χ4n) is 2.71. The van der Waals surface area contributed by atoms with Crippen molar-refractivity contribution in [1.29, 1.82) is 0 Å². The van der Waals surface area contributed by atoms with Crippen molar-refractivity contribution < 1.29 is 4.79 Å². The maximum absolute atomic E-state index is 11.7. The molecule has 0 amide bonds. The zero-order valence-corrected chi connectivity index (χ0v) is 8.33. The third kappa shape index (κ3) is 1.45. The number of allylic oxidation sites excluding steroid dienone is 2. The largest absolute Gasteiger partial charge is 0.299 e. The molecule has 1 saturated carbocycles. The summed E-state index contributed by atoms with van der Waals surface area (Å²) in [6, 6.07) is 0. The highest BCUT2D eigenvalue weighted by molar-refractivity contribution is 5.90. The van der Waals surface area contributed by atoms with E-state index in [0.717, 1.165) is 19.3 Å². The molecule has 0 heterocycles. The van der Waals surface area contributed by atoms with Gasteiger partial charge < -0.3 is 0 Å². The first kappa shape index (κ1) is 8.98. The van der Waals surface area contributed by atoms with E-state index in [2.05, 4.69) is 19.1 Å². The van der Waals surface area contributed by atoms with Gasteiger partial charge in [-0.05, 0) is 25.2 Å². The molecule has 0 aromatic heterocycles. The predicted octanol–water partition coefficient (Wildman–Crippen LogP) is 2.96. The Kier molecular flexibility index (Phi) is 2.52. The van der Waals surface area contributed by atoms with Gasteiger partial charge in [0.05, 0.1) is 0 Å². The fraction of sp³-hybridized carbons (Fsp3) is 0.750. The molecular formula is C12H18O.